The van der Waals surface area contributed by atoms with Crippen molar-refractivity contribution >= 4 is 35.3 Å². The third kappa shape index (κ3) is 16.9. The zero-order valence-electron chi connectivity index (χ0n) is 44.3. The summed E-state index contributed by atoms with van der Waals surface area (Å²) in [6.45, 7) is 30.4. The molecule has 6 aromatic rings. The Morgan fingerprint density at radius 1 is 0.554 bits per heavy atom. The molecule has 0 aliphatic carbocycles. The molecular weight excluding hydrogens is 935 g/mol. The number of ether oxygens (including phenoxy) is 2. The minimum Gasteiger partial charge on any atom is -0.458 e. The molecule has 0 unspecified atom stereocenters. The molecule has 0 radical (unpaired) electrons. The topological polar surface area (TPSA) is 225 Å². The lowest BCUT2D eigenvalue weighted by atomic mass is 9.86. The number of rotatable bonds is 13. The third-order valence-electron chi connectivity index (χ3n) is 11.1. The molecule has 0 aliphatic rings. The van der Waals surface area contributed by atoms with E-state index in [4.69, 9.17) is 27.0 Å². The lowest BCUT2D eigenvalue weighted by Crippen LogP contribution is -2.45. The zero-order chi connectivity index (χ0) is 54.6. The highest BCUT2D eigenvalue weighted by molar-refractivity contribution is 5.98. The third-order valence-corrected chi connectivity index (χ3v) is 11.1. The number of nitrogens with zero attached hydrogens (tertiary/aromatic N) is 6. The molecule has 5 N–H and O–H groups in total. The Kier molecular flexibility index (Phi) is 18.3. The lowest BCUT2D eigenvalue weighted by molar-refractivity contribution is -0.158. The van der Waals surface area contributed by atoms with E-state index in [1.54, 1.807) is 65.8 Å². The van der Waals surface area contributed by atoms with E-state index in [1.807, 2.05) is 72.8 Å². The lowest BCUT2D eigenvalue weighted by Gasteiger charge is -2.25. The maximum absolute atomic E-state index is 13.0. The summed E-state index contributed by atoms with van der Waals surface area (Å²) in [6, 6.07) is 27.8. The Balaban J connectivity index is 0.000000274. The van der Waals surface area contributed by atoms with Gasteiger partial charge in [-0.05, 0) is 98.9 Å². The number of carbonyl (C=O) groups is 4. The van der Waals surface area contributed by atoms with E-state index < -0.39 is 35.2 Å². The van der Waals surface area contributed by atoms with Crippen molar-refractivity contribution in [3.8, 4) is 22.8 Å². The van der Waals surface area contributed by atoms with E-state index >= 15 is 0 Å². The van der Waals surface area contributed by atoms with Crippen molar-refractivity contribution in [2.75, 3.05) is 0 Å². The number of nitrogens with one attached hydrogen (secondary N) is 2. The molecule has 74 heavy (non-hydrogen) atoms. The molecule has 0 bridgehead atoms. The van der Waals surface area contributed by atoms with E-state index in [2.05, 4.69) is 82.1 Å². The molecule has 16 heteroatoms. The van der Waals surface area contributed by atoms with Crippen LogP contribution in [-0.2, 0) is 42.7 Å². The Morgan fingerprint density at radius 2 is 0.892 bits per heavy atom. The summed E-state index contributed by atoms with van der Waals surface area (Å²) in [5, 5.41) is 17.4. The average Bonchev–Trinajstić information content (AvgIpc) is 3.35. The second kappa shape index (κ2) is 23.9. The number of nitrogens with two attached hydrogens (primary N) is 1. The molecule has 0 saturated heterocycles. The van der Waals surface area contributed by atoms with Crippen LogP contribution in [0.15, 0.2) is 127 Å². The molecule has 2 amide bonds. The van der Waals surface area contributed by atoms with Crippen LogP contribution in [0.5, 0.6) is 0 Å². The largest absolute Gasteiger partial charge is 0.458 e. The molecule has 2 aromatic heterocycles. The summed E-state index contributed by atoms with van der Waals surface area (Å²) >= 11 is 0. The van der Waals surface area contributed by atoms with Crippen LogP contribution in [0.3, 0.4) is 0 Å². The van der Waals surface area contributed by atoms with Gasteiger partial charge in [-0.25, -0.2) is 34.4 Å². The smallest absolute Gasteiger partial charge is 0.329 e. The van der Waals surface area contributed by atoms with E-state index in [9.17, 15) is 19.2 Å². The maximum Gasteiger partial charge on any atom is 0.329 e. The van der Waals surface area contributed by atoms with Gasteiger partial charge in [-0.3, -0.25) is 9.59 Å². The van der Waals surface area contributed by atoms with Gasteiger partial charge < -0.3 is 31.0 Å². The molecule has 0 saturated carbocycles. The number of carbonyl (C=O) groups excluding carboxylic acids is 4. The minimum absolute atomic E-state index is 0.0236. The second-order valence-electron chi connectivity index (χ2n) is 21.7. The van der Waals surface area contributed by atoms with Crippen molar-refractivity contribution in [2.45, 2.75) is 130 Å². The van der Waals surface area contributed by atoms with Crippen molar-refractivity contribution in [1.82, 2.24) is 30.6 Å². The molecule has 2 heterocycles. The summed E-state index contributed by atoms with van der Waals surface area (Å²) in [5.74, 6) is -0.806. The number of hydrogen-bond donors (Lipinski definition) is 4. The monoisotopic (exact) mass is 1000 g/mol. The van der Waals surface area contributed by atoms with Gasteiger partial charge in [0.05, 0.1) is 12.1 Å². The summed E-state index contributed by atoms with van der Waals surface area (Å²) in [7, 11) is 0. The number of oxime groups is 1. The fourth-order valence-electron chi connectivity index (χ4n) is 7.11. The van der Waals surface area contributed by atoms with Crippen LogP contribution in [0.2, 0.25) is 0 Å². The van der Waals surface area contributed by atoms with Gasteiger partial charge in [0.15, 0.2) is 17.5 Å². The van der Waals surface area contributed by atoms with Gasteiger partial charge in [0, 0.05) is 59.9 Å². The minimum atomic E-state index is -0.883. The van der Waals surface area contributed by atoms with Gasteiger partial charge in [-0.15, -0.1) is 0 Å². The summed E-state index contributed by atoms with van der Waals surface area (Å²) in [6.07, 6.45) is 6.39. The van der Waals surface area contributed by atoms with Crippen LogP contribution < -0.4 is 16.4 Å². The van der Waals surface area contributed by atoms with Crippen molar-refractivity contribution < 1.29 is 33.9 Å². The van der Waals surface area contributed by atoms with Gasteiger partial charge in [0.1, 0.15) is 23.3 Å². The average molecular weight is 1000 g/mol. The van der Waals surface area contributed by atoms with Crippen LogP contribution in [-0.4, -0.2) is 78.0 Å². The van der Waals surface area contributed by atoms with Crippen LogP contribution in [0, 0.1) is 6.57 Å². The fourth-order valence-corrected chi connectivity index (χ4v) is 7.11. The number of hydrogen-bond acceptors (Lipinski definition) is 12. The second-order valence-corrected chi connectivity index (χ2v) is 21.7. The van der Waals surface area contributed by atoms with Crippen LogP contribution in [0.1, 0.15) is 132 Å². The van der Waals surface area contributed by atoms with Crippen molar-refractivity contribution in [3.05, 3.63) is 172 Å². The van der Waals surface area contributed by atoms with Gasteiger partial charge in [-0.2, -0.15) is 0 Å². The number of amides is 2. The van der Waals surface area contributed by atoms with Gasteiger partial charge in [0.25, 0.3) is 11.8 Å². The van der Waals surface area contributed by atoms with Gasteiger partial charge in [-0.1, -0.05) is 119 Å². The van der Waals surface area contributed by atoms with E-state index in [1.165, 1.54) is 24.8 Å². The molecule has 0 spiro atoms. The first kappa shape index (κ1) is 56.6. The molecular formula is C58H67N9O7. The predicted molar refractivity (Wildman–Crippen MR) is 286 cm³/mol. The first-order valence-electron chi connectivity index (χ1n) is 24.1. The normalized spacial score (nSPS) is 12.7. The van der Waals surface area contributed by atoms with Gasteiger partial charge in [0.2, 0.25) is 5.69 Å². The van der Waals surface area contributed by atoms with Crippen LogP contribution in [0.25, 0.3) is 27.6 Å². The molecule has 0 fully saturated rings. The highest BCUT2D eigenvalue weighted by Crippen LogP contribution is 2.25. The molecule has 386 valence electrons. The van der Waals surface area contributed by atoms with E-state index in [0.717, 1.165) is 33.4 Å². The number of amidine groups is 1. The molecule has 0 aliphatic heterocycles. The Morgan fingerprint density at radius 3 is 1.19 bits per heavy atom. The first-order chi connectivity index (χ1) is 34.6. The van der Waals surface area contributed by atoms with E-state index in [-0.39, 0.29) is 41.3 Å². The molecule has 6 rings (SSSR count). The van der Waals surface area contributed by atoms with E-state index in [0.29, 0.717) is 34.0 Å². The highest BCUT2D eigenvalue weighted by Gasteiger charge is 2.29. The summed E-state index contributed by atoms with van der Waals surface area (Å²) in [5.41, 5.74) is 11.3. The Hall–Kier alpha value is -8.32. The first-order valence-corrected chi connectivity index (χ1v) is 24.1. The Bertz CT molecular complexity index is 2940. The van der Waals surface area contributed by atoms with Crippen molar-refractivity contribution in [3.63, 3.8) is 0 Å². The quantitative estimate of drug-likeness (QED) is 0.0212. The SMILES string of the molecule is CC(C)(C)OC(=O)[C@H](Cc1ccc(-c2ncc(C(N)=NO)cn2)cc1)NC(=O)c1ccc(C(C)(C)C)cc1.[C-]#[N+]c1cnc(-c2ccc(C[C@H](NC(=O)c3ccc(C(C)(C)C)cc3)C(=O)OC(C)(C)C)cc2)nc1. The predicted octanol–water partition coefficient (Wildman–Crippen LogP) is 9.89. The standard InChI is InChI=1S/C29H35N5O4.C29H32N4O3/c1-28(2,3)22-13-11-20(12-14-22)26(35)33-23(27(36)38-29(4,5)6)15-18-7-9-19(10-8-18)25-31-16-21(17-32-25)24(30)34-37;1-28(2,3)22-14-12-21(13-15-22)26(34)33-24(27(35)36-29(4,5)6)16-19-8-10-20(11-9-19)25-31-17-23(30-7)18-32-25/h7-14,16-17,23,37H,15H2,1-6H3,(H2,30,34)(H,33,35);8-15,17-18,24H,16H2,1-6H3,(H,33,34)/t23-;24-/m00/s1. The summed E-state index contributed by atoms with van der Waals surface area (Å²) in [4.78, 5) is 72.3. The molecule has 2 atom stereocenters. The number of benzene rings is 4. The van der Waals surface area contributed by atoms with Crippen LogP contribution >= 0.6 is 0 Å². The molecule has 4 aromatic carbocycles. The fraction of sp³-hybridized carbons (Fsp3) is 0.345. The Labute approximate surface area is 434 Å². The van der Waals surface area contributed by atoms with Crippen molar-refractivity contribution in [2.24, 2.45) is 10.9 Å². The van der Waals surface area contributed by atoms with Crippen LogP contribution in [0.4, 0.5) is 5.69 Å². The summed E-state index contributed by atoms with van der Waals surface area (Å²) < 4.78 is 11.2. The zero-order valence-corrected chi connectivity index (χ0v) is 44.3. The molecule has 16 nitrogen and oxygen atoms in total. The number of esters is 2. The highest BCUT2D eigenvalue weighted by atomic mass is 16.6. The van der Waals surface area contributed by atoms with Gasteiger partial charge >= 0.3 is 11.9 Å². The maximum atomic E-state index is 13.0. The number of aromatic nitrogens is 4. The van der Waals surface area contributed by atoms with Crippen molar-refractivity contribution in [1.29, 1.82) is 0 Å².